The van der Waals surface area contributed by atoms with Crippen molar-refractivity contribution in [2.45, 2.75) is 6.92 Å². The maximum absolute atomic E-state index is 12.5. The normalized spacial score (nSPS) is 16.6. The molecule has 0 N–H and O–H groups in total. The molecular formula is C13H21N5O3S. The van der Waals surface area contributed by atoms with Crippen LogP contribution in [0.15, 0.2) is 6.07 Å². The molecule has 1 fully saturated rings. The fourth-order valence-electron chi connectivity index (χ4n) is 2.25. The molecule has 22 heavy (non-hydrogen) atoms. The van der Waals surface area contributed by atoms with Crippen LogP contribution in [0.1, 0.15) is 16.2 Å². The van der Waals surface area contributed by atoms with Crippen LogP contribution in [0.2, 0.25) is 0 Å². The van der Waals surface area contributed by atoms with Crippen LogP contribution in [0, 0.1) is 6.92 Å². The highest BCUT2D eigenvalue weighted by Gasteiger charge is 2.27. The summed E-state index contributed by atoms with van der Waals surface area (Å²) < 4.78 is 24.4. The third kappa shape index (κ3) is 3.72. The van der Waals surface area contributed by atoms with Crippen LogP contribution >= 0.6 is 0 Å². The van der Waals surface area contributed by atoms with Gasteiger partial charge >= 0.3 is 0 Å². The predicted molar refractivity (Wildman–Crippen MR) is 83.4 cm³/mol. The summed E-state index contributed by atoms with van der Waals surface area (Å²) in [5, 5.41) is 0. The largest absolute Gasteiger partial charge is 0.347 e. The number of rotatable bonds is 3. The molecule has 0 radical (unpaired) electrons. The first-order valence-electron chi connectivity index (χ1n) is 6.96. The summed E-state index contributed by atoms with van der Waals surface area (Å²) in [6.45, 7) is 3.18. The van der Waals surface area contributed by atoms with Crippen LogP contribution in [0.3, 0.4) is 0 Å². The molecule has 0 bridgehead atoms. The van der Waals surface area contributed by atoms with Gasteiger partial charge in [0.05, 0.1) is 6.26 Å². The van der Waals surface area contributed by atoms with Crippen molar-refractivity contribution >= 4 is 21.9 Å². The Morgan fingerprint density at radius 3 is 2.27 bits per heavy atom. The highest BCUT2D eigenvalue weighted by atomic mass is 32.2. The van der Waals surface area contributed by atoms with Gasteiger partial charge in [-0.1, -0.05) is 0 Å². The van der Waals surface area contributed by atoms with Crippen LogP contribution in [0.25, 0.3) is 0 Å². The summed E-state index contributed by atoms with van der Waals surface area (Å²) in [4.78, 5) is 24.4. The maximum atomic E-state index is 12.5. The van der Waals surface area contributed by atoms with Crippen molar-refractivity contribution in [1.29, 1.82) is 0 Å². The molecule has 0 atom stereocenters. The number of nitrogens with zero attached hydrogens (tertiary/aromatic N) is 5. The smallest absolute Gasteiger partial charge is 0.272 e. The molecule has 0 aliphatic carbocycles. The van der Waals surface area contributed by atoms with Gasteiger partial charge in [-0.05, 0) is 13.0 Å². The molecular weight excluding hydrogens is 306 g/mol. The lowest BCUT2D eigenvalue weighted by Gasteiger charge is -2.33. The zero-order valence-corrected chi connectivity index (χ0v) is 14.1. The Hall–Kier alpha value is -1.74. The number of hydrogen-bond donors (Lipinski definition) is 0. The Balaban J connectivity index is 2.13. The average Bonchev–Trinajstić information content (AvgIpc) is 2.45. The van der Waals surface area contributed by atoms with E-state index < -0.39 is 10.0 Å². The van der Waals surface area contributed by atoms with E-state index in [1.807, 2.05) is 21.0 Å². The number of sulfonamides is 1. The molecule has 2 heterocycles. The van der Waals surface area contributed by atoms with Gasteiger partial charge in [0, 0.05) is 46.0 Å². The number of anilines is 1. The van der Waals surface area contributed by atoms with Crippen LogP contribution in [-0.4, -0.2) is 80.0 Å². The number of amides is 1. The molecule has 122 valence electrons. The third-order valence-electron chi connectivity index (χ3n) is 3.46. The molecule has 8 nitrogen and oxygen atoms in total. The summed E-state index contributed by atoms with van der Waals surface area (Å²) in [6, 6.07) is 1.65. The second kappa shape index (κ2) is 6.17. The number of carbonyl (C=O) groups excluding carboxylic acids is 1. The van der Waals surface area contributed by atoms with Crippen molar-refractivity contribution in [2.24, 2.45) is 0 Å². The minimum absolute atomic E-state index is 0.193. The van der Waals surface area contributed by atoms with Crippen LogP contribution in [-0.2, 0) is 10.0 Å². The van der Waals surface area contributed by atoms with E-state index in [1.54, 1.807) is 15.9 Å². The first kappa shape index (κ1) is 16.6. The van der Waals surface area contributed by atoms with Crippen molar-refractivity contribution in [3.8, 4) is 0 Å². The first-order chi connectivity index (χ1) is 10.2. The lowest BCUT2D eigenvalue weighted by molar-refractivity contribution is 0.0692. The second-order valence-electron chi connectivity index (χ2n) is 5.54. The number of aryl methyl sites for hydroxylation is 1. The minimum Gasteiger partial charge on any atom is -0.347 e. The van der Waals surface area contributed by atoms with Gasteiger partial charge in [-0.25, -0.2) is 18.4 Å². The highest BCUT2D eigenvalue weighted by molar-refractivity contribution is 7.88. The van der Waals surface area contributed by atoms with Gasteiger partial charge in [-0.3, -0.25) is 4.79 Å². The van der Waals surface area contributed by atoms with Crippen molar-refractivity contribution < 1.29 is 13.2 Å². The van der Waals surface area contributed by atoms with E-state index >= 15 is 0 Å². The Morgan fingerprint density at radius 1 is 1.18 bits per heavy atom. The first-order valence-corrected chi connectivity index (χ1v) is 8.80. The number of aromatic nitrogens is 2. The lowest BCUT2D eigenvalue weighted by atomic mass is 10.2. The summed E-state index contributed by atoms with van der Waals surface area (Å²) >= 11 is 0. The van der Waals surface area contributed by atoms with Crippen molar-refractivity contribution in [3.63, 3.8) is 0 Å². The number of carbonyl (C=O) groups is 1. The zero-order valence-electron chi connectivity index (χ0n) is 13.3. The molecule has 1 aromatic rings. The van der Waals surface area contributed by atoms with E-state index in [0.29, 0.717) is 37.8 Å². The van der Waals surface area contributed by atoms with Crippen LogP contribution < -0.4 is 4.90 Å². The molecule has 0 saturated carbocycles. The van der Waals surface area contributed by atoms with E-state index in [4.69, 9.17) is 0 Å². The van der Waals surface area contributed by atoms with E-state index in [0.717, 1.165) is 5.69 Å². The fraction of sp³-hybridized carbons (Fsp3) is 0.615. The molecule has 1 amide bonds. The fourth-order valence-corrected chi connectivity index (χ4v) is 3.07. The average molecular weight is 327 g/mol. The Bertz CT molecular complexity index is 666. The summed E-state index contributed by atoms with van der Waals surface area (Å²) in [5.41, 5.74) is 1.06. The lowest BCUT2D eigenvalue weighted by Crippen LogP contribution is -2.50. The molecule has 1 saturated heterocycles. The van der Waals surface area contributed by atoms with Gasteiger partial charge < -0.3 is 9.80 Å². The summed E-state index contributed by atoms with van der Waals surface area (Å²) in [7, 11) is 0.426. The molecule has 1 aliphatic rings. The Labute approximate surface area is 130 Å². The van der Waals surface area contributed by atoms with E-state index in [2.05, 4.69) is 9.97 Å². The molecule has 1 aromatic heterocycles. The number of piperazine rings is 1. The molecule has 9 heteroatoms. The van der Waals surface area contributed by atoms with Gasteiger partial charge in [0.2, 0.25) is 16.0 Å². The molecule has 0 spiro atoms. The van der Waals surface area contributed by atoms with Crippen molar-refractivity contribution in [1.82, 2.24) is 19.2 Å². The SMILES string of the molecule is Cc1cc(C(=O)N2CCN(S(C)(=O)=O)CC2)nc(N(C)C)n1. The molecule has 1 aliphatic heterocycles. The summed E-state index contributed by atoms with van der Waals surface area (Å²) in [6.07, 6.45) is 1.18. The second-order valence-corrected chi connectivity index (χ2v) is 7.53. The van der Waals surface area contributed by atoms with Gasteiger partial charge in [0.15, 0.2) is 0 Å². The van der Waals surface area contributed by atoms with Crippen molar-refractivity contribution in [3.05, 3.63) is 17.5 Å². The minimum atomic E-state index is -3.20. The monoisotopic (exact) mass is 327 g/mol. The van der Waals surface area contributed by atoms with Gasteiger partial charge in [0.25, 0.3) is 5.91 Å². The maximum Gasteiger partial charge on any atom is 0.272 e. The zero-order chi connectivity index (χ0) is 16.5. The summed E-state index contributed by atoms with van der Waals surface area (Å²) in [5.74, 6) is 0.292. The van der Waals surface area contributed by atoms with E-state index in [-0.39, 0.29) is 5.91 Å². The topological polar surface area (TPSA) is 86.7 Å². The third-order valence-corrected chi connectivity index (χ3v) is 4.76. The predicted octanol–water partition coefficient (Wildman–Crippen LogP) is -0.432. The van der Waals surface area contributed by atoms with Gasteiger partial charge in [-0.15, -0.1) is 0 Å². The van der Waals surface area contributed by atoms with Crippen LogP contribution in [0.4, 0.5) is 5.95 Å². The van der Waals surface area contributed by atoms with Crippen molar-refractivity contribution in [2.75, 3.05) is 51.4 Å². The Kier molecular flexibility index (Phi) is 4.66. The molecule has 0 aromatic carbocycles. The number of hydrogen-bond acceptors (Lipinski definition) is 6. The highest BCUT2D eigenvalue weighted by Crippen LogP contribution is 2.13. The van der Waals surface area contributed by atoms with E-state index in [1.165, 1.54) is 10.6 Å². The quantitative estimate of drug-likeness (QED) is 0.749. The van der Waals surface area contributed by atoms with Gasteiger partial charge in [-0.2, -0.15) is 4.31 Å². The van der Waals surface area contributed by atoms with Crippen LogP contribution in [0.5, 0.6) is 0 Å². The standard InChI is InChI=1S/C13H21N5O3S/c1-10-9-11(15-13(14-10)16(2)3)12(19)17-5-7-18(8-6-17)22(4,20)21/h9H,5-8H2,1-4H3. The van der Waals surface area contributed by atoms with E-state index in [9.17, 15) is 13.2 Å². The molecule has 2 rings (SSSR count). The van der Waals surface area contributed by atoms with Gasteiger partial charge in [0.1, 0.15) is 5.69 Å². The Morgan fingerprint density at radius 2 is 1.77 bits per heavy atom. The molecule has 0 unspecified atom stereocenters.